The van der Waals surface area contributed by atoms with Crippen LogP contribution in [0.3, 0.4) is 0 Å². The Morgan fingerprint density at radius 2 is 1.92 bits per heavy atom. The predicted octanol–water partition coefficient (Wildman–Crippen LogP) is 4.19. The molecule has 5 rings (SSSR count). The van der Waals surface area contributed by atoms with Crippen molar-refractivity contribution in [3.8, 4) is 0 Å². The van der Waals surface area contributed by atoms with Gasteiger partial charge in [-0.1, -0.05) is 67.9 Å². The number of likely N-dealkylation sites (tertiary alicyclic amines) is 1. The van der Waals surface area contributed by atoms with Crippen LogP contribution < -0.4 is 5.56 Å². The lowest BCUT2D eigenvalue weighted by molar-refractivity contribution is 0.0704. The van der Waals surface area contributed by atoms with Crippen LogP contribution >= 0.6 is 0 Å². The highest BCUT2D eigenvalue weighted by atomic mass is 16.2. The maximum atomic E-state index is 13.1. The average Bonchev–Trinajstić information content (AvgIpc) is 3.26. The van der Waals surface area contributed by atoms with E-state index in [1.54, 1.807) is 4.68 Å². The summed E-state index contributed by atoms with van der Waals surface area (Å²) < 4.78 is 1.68. The lowest BCUT2D eigenvalue weighted by Gasteiger charge is -2.32. The van der Waals surface area contributed by atoms with E-state index in [1.807, 2.05) is 36.1 Å². The molecule has 1 aliphatic heterocycles. The maximum absolute atomic E-state index is 13.1. The zero-order valence-corrected chi connectivity index (χ0v) is 21.3. The molecule has 1 saturated heterocycles. The summed E-state index contributed by atoms with van der Waals surface area (Å²) >= 11 is 0. The topological polar surface area (TPSA) is 96.8 Å². The van der Waals surface area contributed by atoms with Gasteiger partial charge in [-0.15, -0.1) is 5.10 Å². The molecule has 1 atom stereocenters. The van der Waals surface area contributed by atoms with Crippen molar-refractivity contribution in [2.75, 3.05) is 13.1 Å². The number of hydrogen-bond acceptors (Lipinski definition) is 5. The van der Waals surface area contributed by atoms with Gasteiger partial charge in [-0.3, -0.25) is 9.59 Å². The third-order valence-corrected chi connectivity index (χ3v) is 6.90. The minimum atomic E-state index is -0.300. The molecule has 1 N–H and O–H groups in total. The maximum Gasteiger partial charge on any atom is 0.281 e. The summed E-state index contributed by atoms with van der Waals surface area (Å²) in [7, 11) is 0. The molecule has 36 heavy (non-hydrogen) atoms. The quantitative estimate of drug-likeness (QED) is 0.469. The number of carbonyl (C=O) groups is 1. The SMILES string of the molecule is Cc1cccc(C(=O)N2CCC[C@H](c3nc4c(nnn4Cc4ccc(C(C)(C)C)cc4)c(=O)[nH]3)C2)c1. The Hall–Kier alpha value is -3.81. The Labute approximate surface area is 210 Å². The number of hydrogen-bond donors (Lipinski definition) is 1. The Kier molecular flexibility index (Phi) is 6.20. The Balaban J connectivity index is 1.40. The summed E-state index contributed by atoms with van der Waals surface area (Å²) in [4.78, 5) is 35.5. The minimum Gasteiger partial charge on any atom is -0.338 e. The van der Waals surface area contributed by atoms with E-state index >= 15 is 0 Å². The van der Waals surface area contributed by atoms with Crippen molar-refractivity contribution in [3.63, 3.8) is 0 Å². The molecule has 0 saturated carbocycles. The van der Waals surface area contributed by atoms with Gasteiger partial charge in [0.25, 0.3) is 11.5 Å². The number of fused-ring (bicyclic) bond motifs is 1. The van der Waals surface area contributed by atoms with E-state index in [0.29, 0.717) is 36.7 Å². The van der Waals surface area contributed by atoms with Crippen LogP contribution in [0.4, 0.5) is 0 Å². The molecule has 0 radical (unpaired) electrons. The number of aromatic amines is 1. The number of piperidine rings is 1. The second kappa shape index (κ2) is 9.33. The number of aryl methyl sites for hydroxylation is 1. The predicted molar refractivity (Wildman–Crippen MR) is 139 cm³/mol. The first-order valence-corrected chi connectivity index (χ1v) is 12.5. The Morgan fingerprint density at radius 1 is 1.14 bits per heavy atom. The first kappa shape index (κ1) is 23.9. The van der Waals surface area contributed by atoms with Gasteiger partial charge in [-0.25, -0.2) is 9.67 Å². The molecule has 1 amide bonds. The van der Waals surface area contributed by atoms with Gasteiger partial charge in [0.15, 0.2) is 11.2 Å². The first-order valence-electron chi connectivity index (χ1n) is 12.5. The van der Waals surface area contributed by atoms with E-state index in [0.717, 1.165) is 24.0 Å². The van der Waals surface area contributed by atoms with Crippen LogP contribution in [-0.4, -0.2) is 48.9 Å². The van der Waals surface area contributed by atoms with Crippen molar-refractivity contribution in [2.24, 2.45) is 0 Å². The summed E-state index contributed by atoms with van der Waals surface area (Å²) in [6.07, 6.45) is 1.70. The van der Waals surface area contributed by atoms with Crippen LogP contribution in [0.25, 0.3) is 11.2 Å². The van der Waals surface area contributed by atoms with E-state index < -0.39 is 0 Å². The molecule has 0 aliphatic carbocycles. The van der Waals surface area contributed by atoms with Crippen LogP contribution in [0.5, 0.6) is 0 Å². The summed E-state index contributed by atoms with van der Waals surface area (Å²) in [6.45, 7) is 10.2. The number of H-pyrrole nitrogens is 1. The smallest absolute Gasteiger partial charge is 0.281 e. The largest absolute Gasteiger partial charge is 0.338 e. The molecule has 1 aliphatic rings. The fourth-order valence-electron chi connectivity index (χ4n) is 4.81. The molecule has 0 bridgehead atoms. The molecule has 2 aromatic carbocycles. The average molecular weight is 485 g/mol. The van der Waals surface area contributed by atoms with Gasteiger partial charge in [-0.05, 0) is 48.4 Å². The highest BCUT2D eigenvalue weighted by Gasteiger charge is 2.28. The van der Waals surface area contributed by atoms with Gasteiger partial charge in [0, 0.05) is 24.6 Å². The highest BCUT2D eigenvalue weighted by Crippen LogP contribution is 2.26. The number of carbonyl (C=O) groups excluding carboxylic acids is 1. The standard InChI is InChI=1S/C28H32N6O2/c1-18-7-5-8-20(15-18)27(36)33-14-6-9-21(17-33)24-29-25-23(26(35)30-24)31-32-34(25)16-19-10-12-22(13-11-19)28(2,3)4/h5,7-8,10-13,15,21H,6,9,14,16-17H2,1-4H3,(H,29,30,35)/t21-/m0/s1. The molecule has 0 unspecified atom stereocenters. The van der Waals surface area contributed by atoms with Crippen molar-refractivity contribution in [1.29, 1.82) is 0 Å². The van der Waals surface area contributed by atoms with E-state index in [2.05, 4.69) is 60.3 Å². The molecule has 3 heterocycles. The number of amides is 1. The van der Waals surface area contributed by atoms with Crippen LogP contribution in [0.2, 0.25) is 0 Å². The highest BCUT2D eigenvalue weighted by molar-refractivity contribution is 5.94. The number of aromatic nitrogens is 5. The van der Waals surface area contributed by atoms with Gasteiger partial charge < -0.3 is 9.88 Å². The number of rotatable bonds is 4. The van der Waals surface area contributed by atoms with Gasteiger partial charge in [-0.2, -0.15) is 0 Å². The molecule has 0 spiro atoms. The third kappa shape index (κ3) is 4.80. The molecule has 1 fully saturated rings. The fourth-order valence-corrected chi connectivity index (χ4v) is 4.81. The molecular formula is C28H32N6O2. The molecule has 8 heteroatoms. The van der Waals surface area contributed by atoms with Crippen molar-refractivity contribution in [3.05, 3.63) is 87.0 Å². The number of nitrogens with zero attached hydrogens (tertiary/aromatic N) is 5. The van der Waals surface area contributed by atoms with Crippen LogP contribution in [0.15, 0.2) is 53.3 Å². The summed E-state index contributed by atoms with van der Waals surface area (Å²) in [6, 6.07) is 16.1. The third-order valence-electron chi connectivity index (χ3n) is 6.90. The van der Waals surface area contributed by atoms with E-state index in [-0.39, 0.29) is 28.3 Å². The van der Waals surface area contributed by atoms with Crippen molar-refractivity contribution in [1.82, 2.24) is 29.9 Å². The monoisotopic (exact) mass is 484 g/mol. The van der Waals surface area contributed by atoms with E-state index in [1.165, 1.54) is 5.56 Å². The Morgan fingerprint density at radius 3 is 2.64 bits per heavy atom. The van der Waals surface area contributed by atoms with Gasteiger partial charge >= 0.3 is 0 Å². The van der Waals surface area contributed by atoms with Crippen LogP contribution in [0.1, 0.15) is 72.4 Å². The van der Waals surface area contributed by atoms with Crippen LogP contribution in [0, 0.1) is 6.92 Å². The van der Waals surface area contributed by atoms with Gasteiger partial charge in [0.05, 0.1) is 6.54 Å². The minimum absolute atomic E-state index is 0.0113. The van der Waals surface area contributed by atoms with E-state index in [4.69, 9.17) is 4.98 Å². The first-order chi connectivity index (χ1) is 17.2. The van der Waals surface area contributed by atoms with Crippen LogP contribution in [-0.2, 0) is 12.0 Å². The zero-order chi connectivity index (χ0) is 25.4. The molecule has 8 nitrogen and oxygen atoms in total. The fraction of sp³-hybridized carbons (Fsp3) is 0.393. The van der Waals surface area contributed by atoms with Gasteiger partial charge in [0.1, 0.15) is 5.82 Å². The lowest BCUT2D eigenvalue weighted by atomic mass is 9.87. The second-order valence-electron chi connectivity index (χ2n) is 10.8. The zero-order valence-electron chi connectivity index (χ0n) is 21.3. The van der Waals surface area contributed by atoms with Crippen molar-refractivity contribution in [2.45, 2.75) is 58.4 Å². The summed E-state index contributed by atoms with van der Waals surface area (Å²) in [5, 5.41) is 8.31. The number of nitrogens with one attached hydrogen (secondary N) is 1. The molecule has 186 valence electrons. The normalized spacial score (nSPS) is 16.4. The lowest BCUT2D eigenvalue weighted by Crippen LogP contribution is -2.40. The van der Waals surface area contributed by atoms with Crippen molar-refractivity contribution >= 4 is 17.1 Å². The summed E-state index contributed by atoms with van der Waals surface area (Å²) in [5.41, 5.74) is 4.54. The molecule has 4 aromatic rings. The molecular weight excluding hydrogens is 452 g/mol. The Bertz CT molecular complexity index is 1460. The molecule has 2 aromatic heterocycles. The number of benzene rings is 2. The summed E-state index contributed by atoms with van der Waals surface area (Å²) in [5.74, 6) is 0.539. The second-order valence-corrected chi connectivity index (χ2v) is 10.8. The van der Waals surface area contributed by atoms with E-state index in [9.17, 15) is 9.59 Å². The van der Waals surface area contributed by atoms with Gasteiger partial charge in [0.2, 0.25) is 0 Å². The van der Waals surface area contributed by atoms with Crippen molar-refractivity contribution < 1.29 is 4.79 Å².